The number of nitrogens with one attached hydrogen (secondary N) is 1. The molecule has 1 fully saturated rings. The summed E-state index contributed by atoms with van der Waals surface area (Å²) in [6.07, 6.45) is 1.60. The predicted molar refractivity (Wildman–Crippen MR) is 108 cm³/mol. The highest BCUT2D eigenvalue weighted by Crippen LogP contribution is 2.25. The number of carbonyl (C=O) groups is 1. The van der Waals surface area contributed by atoms with Gasteiger partial charge in [-0.25, -0.2) is 4.39 Å². The fraction of sp³-hybridized carbons (Fsp3) is 0.250. The Labute approximate surface area is 170 Å². The van der Waals surface area contributed by atoms with E-state index in [0.29, 0.717) is 54.2 Å². The molecule has 1 N–H and O–H groups in total. The number of nitrogens with zero attached hydrogens (tertiary/aromatic N) is 3. The first-order valence-corrected chi connectivity index (χ1v) is 9.51. The summed E-state index contributed by atoms with van der Waals surface area (Å²) in [5.74, 6) is -0.524. The molecule has 2 aromatic carbocycles. The monoisotopic (exact) mass is 416 g/mol. The van der Waals surface area contributed by atoms with Crippen molar-refractivity contribution < 1.29 is 14.1 Å². The van der Waals surface area contributed by atoms with Gasteiger partial charge in [-0.05, 0) is 23.8 Å². The summed E-state index contributed by atoms with van der Waals surface area (Å²) in [5, 5.41) is 12.0. The van der Waals surface area contributed by atoms with Crippen LogP contribution >= 0.6 is 11.6 Å². The van der Waals surface area contributed by atoms with Gasteiger partial charge in [0.2, 0.25) is 0 Å². The number of halogens is 2. The maximum atomic E-state index is 13.2. The van der Waals surface area contributed by atoms with Gasteiger partial charge in [0.1, 0.15) is 5.82 Å². The molecule has 1 aliphatic rings. The lowest BCUT2D eigenvalue weighted by molar-refractivity contribution is -0.384. The number of nitro benzene ring substituents is 1. The molecule has 0 radical (unpaired) electrons. The van der Waals surface area contributed by atoms with E-state index in [2.05, 4.69) is 9.88 Å². The third kappa shape index (κ3) is 3.94. The summed E-state index contributed by atoms with van der Waals surface area (Å²) in [6.45, 7) is 2.95. The number of non-ortho nitro benzene ring substituents is 1. The first-order valence-electron chi connectivity index (χ1n) is 9.13. The van der Waals surface area contributed by atoms with Gasteiger partial charge in [-0.2, -0.15) is 0 Å². The molecule has 150 valence electrons. The number of hydrogen-bond acceptors (Lipinski definition) is 4. The minimum atomic E-state index is -0.472. The summed E-state index contributed by atoms with van der Waals surface area (Å²) in [5.41, 5.74) is 1.91. The van der Waals surface area contributed by atoms with Gasteiger partial charge < -0.3 is 9.88 Å². The van der Waals surface area contributed by atoms with Crippen LogP contribution in [0.3, 0.4) is 0 Å². The van der Waals surface area contributed by atoms with E-state index in [1.807, 2.05) is 0 Å². The molecule has 29 heavy (non-hydrogen) atoms. The number of hydrogen-bond donors (Lipinski definition) is 1. The fourth-order valence-corrected chi connectivity index (χ4v) is 3.80. The molecule has 0 aliphatic carbocycles. The first-order chi connectivity index (χ1) is 13.9. The van der Waals surface area contributed by atoms with Crippen molar-refractivity contribution in [1.29, 1.82) is 0 Å². The van der Waals surface area contributed by atoms with Crippen LogP contribution in [0.1, 0.15) is 15.9 Å². The average Bonchev–Trinajstić information content (AvgIpc) is 3.13. The third-order valence-electron chi connectivity index (χ3n) is 5.18. The van der Waals surface area contributed by atoms with Gasteiger partial charge in [0, 0.05) is 67.0 Å². The van der Waals surface area contributed by atoms with Crippen molar-refractivity contribution in [3.8, 4) is 0 Å². The molecule has 0 spiro atoms. The van der Waals surface area contributed by atoms with Gasteiger partial charge in [-0.15, -0.1) is 0 Å². The molecule has 7 nitrogen and oxygen atoms in total. The third-order valence-corrected chi connectivity index (χ3v) is 5.53. The minimum Gasteiger partial charge on any atom is -0.360 e. The van der Waals surface area contributed by atoms with Gasteiger partial charge in [0.05, 0.1) is 10.5 Å². The molecule has 9 heteroatoms. The molecule has 0 saturated carbocycles. The molecule has 1 saturated heterocycles. The molecular formula is C20H18ClFN4O3. The van der Waals surface area contributed by atoms with Crippen molar-refractivity contribution >= 4 is 34.1 Å². The van der Waals surface area contributed by atoms with Gasteiger partial charge in [-0.1, -0.05) is 17.7 Å². The van der Waals surface area contributed by atoms with Gasteiger partial charge >= 0.3 is 0 Å². The number of carbonyl (C=O) groups excluding carboxylic acids is 1. The highest BCUT2D eigenvalue weighted by atomic mass is 35.5. The van der Waals surface area contributed by atoms with Crippen LogP contribution in [0.15, 0.2) is 42.6 Å². The maximum Gasteiger partial charge on any atom is 0.270 e. The molecule has 1 aromatic heterocycles. The number of piperazine rings is 1. The summed E-state index contributed by atoms with van der Waals surface area (Å²) < 4.78 is 13.2. The number of rotatable bonds is 4. The zero-order valence-electron chi connectivity index (χ0n) is 15.4. The van der Waals surface area contributed by atoms with Crippen molar-refractivity contribution in [3.05, 3.63) is 74.7 Å². The molecule has 0 unspecified atom stereocenters. The lowest BCUT2D eigenvalue weighted by atomic mass is 10.1. The van der Waals surface area contributed by atoms with Crippen LogP contribution in [-0.2, 0) is 6.54 Å². The van der Waals surface area contributed by atoms with Crippen molar-refractivity contribution in [2.45, 2.75) is 6.54 Å². The summed E-state index contributed by atoms with van der Waals surface area (Å²) in [6, 6.07) is 8.80. The van der Waals surface area contributed by atoms with Crippen molar-refractivity contribution in [3.63, 3.8) is 0 Å². The Kier molecular flexibility index (Phi) is 5.21. The van der Waals surface area contributed by atoms with E-state index in [1.54, 1.807) is 23.2 Å². The Bertz CT molecular complexity index is 1090. The van der Waals surface area contributed by atoms with Crippen molar-refractivity contribution in [1.82, 2.24) is 14.8 Å². The van der Waals surface area contributed by atoms with Crippen molar-refractivity contribution in [2.75, 3.05) is 26.2 Å². The SMILES string of the molecule is O=C(c1c[nH]c2ccc([N+](=O)[O-])cc12)N1CCN(Cc2ccc(F)cc2Cl)CC1. The minimum absolute atomic E-state index is 0.0489. The first kappa shape index (κ1) is 19.4. The number of aromatic nitrogens is 1. The Hall–Kier alpha value is -2.97. The van der Waals surface area contributed by atoms with E-state index >= 15 is 0 Å². The number of nitro groups is 1. The quantitative estimate of drug-likeness (QED) is 0.517. The molecule has 1 amide bonds. The molecule has 4 rings (SSSR count). The Morgan fingerprint density at radius 1 is 1.17 bits per heavy atom. The number of aromatic amines is 1. The van der Waals surface area contributed by atoms with Gasteiger partial charge in [-0.3, -0.25) is 19.8 Å². The van der Waals surface area contributed by atoms with Gasteiger partial charge in [0.25, 0.3) is 11.6 Å². The Morgan fingerprint density at radius 3 is 2.62 bits per heavy atom. The number of amides is 1. The molecular weight excluding hydrogens is 399 g/mol. The van der Waals surface area contributed by atoms with Gasteiger partial charge in [0.15, 0.2) is 0 Å². The van der Waals surface area contributed by atoms with E-state index in [4.69, 9.17) is 11.6 Å². The van der Waals surface area contributed by atoms with Crippen LogP contribution in [0.5, 0.6) is 0 Å². The lowest BCUT2D eigenvalue weighted by Crippen LogP contribution is -2.48. The average molecular weight is 417 g/mol. The van der Waals surface area contributed by atoms with Crippen LogP contribution in [0.4, 0.5) is 10.1 Å². The number of benzene rings is 2. The van der Waals surface area contributed by atoms with E-state index < -0.39 is 4.92 Å². The van der Waals surface area contributed by atoms with E-state index in [0.717, 1.165) is 5.56 Å². The fourth-order valence-electron chi connectivity index (χ4n) is 3.57. The molecule has 3 aromatic rings. The lowest BCUT2D eigenvalue weighted by Gasteiger charge is -2.34. The largest absolute Gasteiger partial charge is 0.360 e. The second kappa shape index (κ2) is 7.81. The smallest absolute Gasteiger partial charge is 0.270 e. The second-order valence-electron chi connectivity index (χ2n) is 6.99. The molecule has 1 aliphatic heterocycles. The second-order valence-corrected chi connectivity index (χ2v) is 7.40. The van der Waals surface area contributed by atoms with Crippen molar-refractivity contribution in [2.24, 2.45) is 0 Å². The Balaban J connectivity index is 1.44. The molecule has 0 atom stereocenters. The van der Waals surface area contributed by atoms with Crippen LogP contribution in [0.2, 0.25) is 5.02 Å². The molecule has 2 heterocycles. The highest BCUT2D eigenvalue weighted by molar-refractivity contribution is 6.31. The standard InChI is InChI=1S/C20H18ClFN4O3/c21-18-9-14(22)2-1-13(18)12-24-5-7-25(8-6-24)20(27)17-11-23-19-4-3-15(26(28)29)10-16(17)19/h1-4,9-11,23H,5-8,12H2. The molecule has 0 bridgehead atoms. The van der Waals surface area contributed by atoms with E-state index in [9.17, 15) is 19.3 Å². The maximum absolute atomic E-state index is 13.2. The summed E-state index contributed by atoms with van der Waals surface area (Å²) in [7, 11) is 0. The number of fused-ring (bicyclic) bond motifs is 1. The number of H-pyrrole nitrogens is 1. The van der Waals surface area contributed by atoms with Crippen LogP contribution < -0.4 is 0 Å². The van der Waals surface area contributed by atoms with Crippen LogP contribution in [-0.4, -0.2) is 51.8 Å². The van der Waals surface area contributed by atoms with Crippen LogP contribution in [0, 0.1) is 15.9 Å². The van der Waals surface area contributed by atoms with E-state index in [1.165, 1.54) is 24.3 Å². The summed E-state index contributed by atoms with van der Waals surface area (Å²) >= 11 is 6.10. The Morgan fingerprint density at radius 2 is 1.93 bits per heavy atom. The van der Waals surface area contributed by atoms with Crippen LogP contribution in [0.25, 0.3) is 10.9 Å². The zero-order chi connectivity index (χ0) is 20.5. The van der Waals surface area contributed by atoms with E-state index in [-0.39, 0.29) is 17.4 Å². The summed E-state index contributed by atoms with van der Waals surface area (Å²) in [4.78, 5) is 30.4. The topological polar surface area (TPSA) is 82.5 Å². The highest BCUT2D eigenvalue weighted by Gasteiger charge is 2.25. The zero-order valence-corrected chi connectivity index (χ0v) is 16.2. The predicted octanol–water partition coefficient (Wildman–Crippen LogP) is 3.83. The normalized spacial score (nSPS) is 15.0.